The molecule has 1 fully saturated rings. The second kappa shape index (κ2) is 8.14. The quantitative estimate of drug-likeness (QED) is 0.872. The zero-order chi connectivity index (χ0) is 16.8. The zero-order valence-corrected chi connectivity index (χ0v) is 14.1. The van der Waals surface area contributed by atoms with Crippen LogP contribution in [0.15, 0.2) is 24.3 Å². The van der Waals surface area contributed by atoms with Gasteiger partial charge in [-0.1, -0.05) is 38.5 Å². The maximum atomic E-state index is 12.3. The first-order valence-corrected chi connectivity index (χ1v) is 8.62. The predicted octanol–water partition coefficient (Wildman–Crippen LogP) is 3.60. The van der Waals surface area contributed by atoms with Crippen molar-refractivity contribution in [2.24, 2.45) is 11.8 Å². The normalized spacial score (nSPS) is 17.0. The first-order chi connectivity index (χ1) is 11.0. The second-order valence-corrected chi connectivity index (χ2v) is 6.62. The molecule has 1 aliphatic heterocycles. The maximum absolute atomic E-state index is 12.3. The molecule has 1 unspecified atom stereocenters. The Morgan fingerprint density at radius 1 is 1.26 bits per heavy atom. The topological polar surface area (TPSA) is 57.6 Å². The van der Waals surface area contributed by atoms with Crippen LogP contribution in [-0.4, -0.2) is 35.0 Å². The molecule has 0 aromatic heterocycles. The lowest BCUT2D eigenvalue weighted by molar-refractivity contribution is -0.136. The van der Waals surface area contributed by atoms with Gasteiger partial charge in [0.2, 0.25) is 5.91 Å². The molecular formula is C19H27NO3. The third-order valence-corrected chi connectivity index (χ3v) is 4.83. The van der Waals surface area contributed by atoms with Crippen molar-refractivity contribution in [1.29, 1.82) is 0 Å². The summed E-state index contributed by atoms with van der Waals surface area (Å²) in [5.74, 6) is -0.0110. The molecule has 1 N–H and O–H groups in total. The maximum Gasteiger partial charge on any atom is 0.335 e. The molecule has 126 valence electrons. The van der Waals surface area contributed by atoms with E-state index in [2.05, 4.69) is 6.92 Å². The number of rotatable bonds is 6. The van der Waals surface area contributed by atoms with E-state index in [1.54, 1.807) is 12.1 Å². The molecule has 1 aliphatic rings. The lowest BCUT2D eigenvalue weighted by Crippen LogP contribution is -2.41. The summed E-state index contributed by atoms with van der Waals surface area (Å²) in [6, 6.07) is 7.24. The molecule has 0 bridgehead atoms. The Morgan fingerprint density at radius 3 is 2.52 bits per heavy atom. The predicted molar refractivity (Wildman–Crippen MR) is 90.5 cm³/mol. The Labute approximate surface area is 138 Å². The molecular weight excluding hydrogens is 290 g/mol. The Balaban J connectivity index is 1.90. The summed E-state index contributed by atoms with van der Waals surface area (Å²) in [6.07, 6.45) is 4.69. The molecule has 0 saturated carbocycles. The molecule has 1 amide bonds. The number of nitrogens with zero attached hydrogens (tertiary/aromatic N) is 1. The summed E-state index contributed by atoms with van der Waals surface area (Å²) in [5.41, 5.74) is 1.31. The monoisotopic (exact) mass is 317 g/mol. The number of carboxylic acids is 1. The van der Waals surface area contributed by atoms with Gasteiger partial charge >= 0.3 is 5.97 Å². The van der Waals surface area contributed by atoms with Gasteiger partial charge in [0.1, 0.15) is 0 Å². The van der Waals surface area contributed by atoms with Crippen LogP contribution in [0.1, 0.15) is 55.5 Å². The molecule has 0 aliphatic carbocycles. The molecule has 23 heavy (non-hydrogen) atoms. The molecule has 1 aromatic carbocycles. The molecule has 0 spiro atoms. The van der Waals surface area contributed by atoms with Crippen LogP contribution >= 0.6 is 0 Å². The fourth-order valence-electron chi connectivity index (χ4n) is 3.44. The molecule has 1 saturated heterocycles. The van der Waals surface area contributed by atoms with Gasteiger partial charge in [0.25, 0.3) is 0 Å². The highest BCUT2D eigenvalue weighted by Crippen LogP contribution is 2.25. The summed E-state index contributed by atoms with van der Waals surface area (Å²) in [5, 5.41) is 9.27. The van der Waals surface area contributed by atoms with E-state index in [0.29, 0.717) is 11.5 Å². The van der Waals surface area contributed by atoms with Crippen molar-refractivity contribution in [1.82, 2.24) is 4.90 Å². The molecule has 1 atom stereocenters. The molecule has 4 heteroatoms. The van der Waals surface area contributed by atoms with Crippen LogP contribution in [0.3, 0.4) is 0 Å². The highest BCUT2D eigenvalue weighted by atomic mass is 16.4. The molecule has 1 heterocycles. The minimum atomic E-state index is -0.860. The Kier molecular flexibility index (Phi) is 6.20. The van der Waals surface area contributed by atoms with E-state index in [-0.39, 0.29) is 11.8 Å². The number of likely N-dealkylation sites (tertiary alicyclic amines) is 1. The minimum Gasteiger partial charge on any atom is -0.478 e. The largest absolute Gasteiger partial charge is 0.478 e. The number of benzene rings is 1. The molecule has 4 nitrogen and oxygen atoms in total. The van der Waals surface area contributed by atoms with E-state index in [4.69, 9.17) is 0 Å². The van der Waals surface area contributed by atoms with E-state index in [1.165, 1.54) is 0 Å². The van der Waals surface area contributed by atoms with Gasteiger partial charge < -0.3 is 10.0 Å². The van der Waals surface area contributed by atoms with Crippen LogP contribution in [0.4, 0.5) is 0 Å². The second-order valence-electron chi connectivity index (χ2n) is 6.62. The number of carboxylic acid groups (broad SMARTS) is 1. The Morgan fingerprint density at radius 2 is 1.91 bits per heavy atom. The van der Waals surface area contributed by atoms with Crippen LogP contribution in [0.5, 0.6) is 0 Å². The van der Waals surface area contributed by atoms with Gasteiger partial charge in [-0.3, -0.25) is 4.79 Å². The third kappa shape index (κ3) is 4.57. The highest BCUT2D eigenvalue weighted by Gasteiger charge is 2.26. The lowest BCUT2D eigenvalue weighted by atomic mass is 9.88. The van der Waals surface area contributed by atoms with Gasteiger partial charge in [-0.15, -0.1) is 0 Å². The van der Waals surface area contributed by atoms with Gasteiger partial charge in [0, 0.05) is 19.0 Å². The van der Waals surface area contributed by atoms with Crippen molar-refractivity contribution < 1.29 is 14.7 Å². The van der Waals surface area contributed by atoms with Crippen LogP contribution < -0.4 is 0 Å². The van der Waals surface area contributed by atoms with Gasteiger partial charge in [0.15, 0.2) is 0 Å². The first kappa shape index (κ1) is 17.5. The molecule has 0 radical (unpaired) electrons. The van der Waals surface area contributed by atoms with Crippen LogP contribution in [-0.2, 0) is 11.2 Å². The van der Waals surface area contributed by atoms with Gasteiger partial charge in [-0.05, 0) is 43.2 Å². The number of hydrogen-bond donors (Lipinski definition) is 1. The number of carbonyl (C=O) groups excluding carboxylic acids is 1. The highest BCUT2D eigenvalue weighted by molar-refractivity contribution is 5.89. The van der Waals surface area contributed by atoms with Crippen molar-refractivity contribution in [2.75, 3.05) is 13.1 Å². The van der Waals surface area contributed by atoms with Crippen molar-refractivity contribution in [3.05, 3.63) is 35.4 Å². The summed E-state index contributed by atoms with van der Waals surface area (Å²) < 4.78 is 0. The van der Waals surface area contributed by atoms with Crippen molar-refractivity contribution in [3.8, 4) is 0 Å². The third-order valence-electron chi connectivity index (χ3n) is 4.83. The van der Waals surface area contributed by atoms with E-state index in [9.17, 15) is 14.7 Å². The van der Waals surface area contributed by atoms with Gasteiger partial charge in [-0.2, -0.15) is 0 Å². The fraction of sp³-hybridized carbons (Fsp3) is 0.579. The first-order valence-electron chi connectivity index (χ1n) is 8.62. The van der Waals surface area contributed by atoms with E-state index in [0.717, 1.165) is 50.8 Å². The Bertz CT molecular complexity index is 547. The molecule has 2 rings (SSSR count). The summed E-state index contributed by atoms with van der Waals surface area (Å²) in [4.78, 5) is 25.6. The average molecular weight is 317 g/mol. The summed E-state index contributed by atoms with van der Waals surface area (Å²) >= 11 is 0. The van der Waals surface area contributed by atoms with Crippen molar-refractivity contribution in [2.45, 2.75) is 46.0 Å². The Hall–Kier alpha value is -1.84. The van der Waals surface area contributed by atoms with Crippen LogP contribution in [0.25, 0.3) is 0 Å². The van der Waals surface area contributed by atoms with Crippen molar-refractivity contribution >= 4 is 11.9 Å². The van der Waals surface area contributed by atoms with E-state index >= 15 is 0 Å². The number of amides is 1. The van der Waals surface area contributed by atoms with E-state index in [1.807, 2.05) is 24.0 Å². The SMILES string of the molecule is CCCC(C)C(=O)N1CCC(Cc2ccccc2C(=O)O)CC1. The molecule has 1 aromatic rings. The van der Waals surface area contributed by atoms with Crippen molar-refractivity contribution in [3.63, 3.8) is 0 Å². The number of carbonyl (C=O) groups is 2. The summed E-state index contributed by atoms with van der Waals surface area (Å²) in [6.45, 7) is 5.72. The minimum absolute atomic E-state index is 0.115. The lowest BCUT2D eigenvalue weighted by Gasteiger charge is -2.34. The number of hydrogen-bond acceptors (Lipinski definition) is 2. The van der Waals surface area contributed by atoms with Crippen LogP contribution in [0.2, 0.25) is 0 Å². The van der Waals surface area contributed by atoms with E-state index < -0.39 is 5.97 Å². The van der Waals surface area contributed by atoms with Gasteiger partial charge in [0.05, 0.1) is 5.56 Å². The number of aromatic carboxylic acids is 1. The van der Waals surface area contributed by atoms with Gasteiger partial charge in [-0.25, -0.2) is 4.79 Å². The fourth-order valence-corrected chi connectivity index (χ4v) is 3.44. The smallest absolute Gasteiger partial charge is 0.335 e. The zero-order valence-electron chi connectivity index (χ0n) is 14.1. The summed E-state index contributed by atoms with van der Waals surface area (Å²) in [7, 11) is 0. The average Bonchev–Trinajstić information content (AvgIpc) is 2.55. The number of piperidine rings is 1. The van der Waals surface area contributed by atoms with Crippen LogP contribution in [0, 0.1) is 11.8 Å². The standard InChI is InChI=1S/C19H27NO3/c1-3-6-14(2)18(21)20-11-9-15(10-12-20)13-16-7-4-5-8-17(16)19(22)23/h4-5,7-8,14-15H,3,6,9-13H2,1-2H3,(H,22,23).